The lowest BCUT2D eigenvalue weighted by Gasteiger charge is -2.13. The summed E-state index contributed by atoms with van der Waals surface area (Å²) in [5, 5.41) is 0. The van der Waals surface area contributed by atoms with Gasteiger partial charge in [0.15, 0.2) is 0 Å². The number of hydrogen-bond donors (Lipinski definition) is 0. The van der Waals surface area contributed by atoms with E-state index in [0.29, 0.717) is 17.7 Å². The minimum atomic E-state index is -0.153. The van der Waals surface area contributed by atoms with Gasteiger partial charge in [-0.05, 0) is 48.2 Å². The Bertz CT molecular complexity index is 1010. The zero-order chi connectivity index (χ0) is 22.2. The number of fused-ring (bicyclic) bond motifs is 1. The van der Waals surface area contributed by atoms with Gasteiger partial charge in [-0.25, -0.2) is 0 Å². The van der Waals surface area contributed by atoms with Crippen LogP contribution in [0.1, 0.15) is 59.2 Å². The van der Waals surface area contributed by atoms with Gasteiger partial charge in [-0.15, -0.1) is 0 Å². The number of benzene rings is 3. The summed E-state index contributed by atoms with van der Waals surface area (Å²) < 4.78 is 5.86. The molecule has 4 rings (SSSR count). The van der Waals surface area contributed by atoms with E-state index in [-0.39, 0.29) is 11.8 Å². The second kappa shape index (κ2) is 10.8. The molecule has 0 N–H and O–H groups in total. The molecule has 1 aliphatic heterocycles. The Balaban J connectivity index is 1.07. The summed E-state index contributed by atoms with van der Waals surface area (Å²) in [5.74, 6) is 0.602. The lowest BCUT2D eigenvalue weighted by molar-refractivity contribution is 0.0651. The standard InChI is InChI=1S/C28H29NO3/c30-27-25-14-8-9-15-26(25)28(31)29(27)20-10-3-1-2-4-11-21-32-24-18-16-23(17-19-24)22-12-6-5-7-13-22/h5-9,12-19H,1-4,10-11,20-21H2. The summed E-state index contributed by atoms with van der Waals surface area (Å²) in [6, 6.07) is 25.6. The van der Waals surface area contributed by atoms with Crippen LogP contribution in [0.2, 0.25) is 0 Å². The lowest BCUT2D eigenvalue weighted by atomic mass is 10.1. The van der Waals surface area contributed by atoms with Crippen molar-refractivity contribution in [2.75, 3.05) is 13.2 Å². The highest BCUT2D eigenvalue weighted by molar-refractivity contribution is 6.21. The largest absolute Gasteiger partial charge is 0.494 e. The van der Waals surface area contributed by atoms with Crippen LogP contribution in [-0.2, 0) is 0 Å². The van der Waals surface area contributed by atoms with Crippen LogP contribution in [0.5, 0.6) is 5.75 Å². The topological polar surface area (TPSA) is 46.6 Å². The Morgan fingerprint density at radius 3 is 1.75 bits per heavy atom. The zero-order valence-corrected chi connectivity index (χ0v) is 18.3. The molecule has 3 aromatic carbocycles. The highest BCUT2D eigenvalue weighted by atomic mass is 16.5. The molecule has 2 amide bonds. The fraction of sp³-hybridized carbons (Fsp3) is 0.286. The van der Waals surface area contributed by atoms with Crippen molar-refractivity contribution >= 4 is 11.8 Å². The molecule has 4 heteroatoms. The van der Waals surface area contributed by atoms with Crippen LogP contribution in [0.4, 0.5) is 0 Å². The van der Waals surface area contributed by atoms with Crippen molar-refractivity contribution in [3.05, 3.63) is 90.0 Å². The molecule has 0 saturated carbocycles. The van der Waals surface area contributed by atoms with E-state index in [1.807, 2.05) is 30.3 Å². The maximum atomic E-state index is 12.3. The quantitative estimate of drug-likeness (QED) is 0.264. The number of unbranched alkanes of at least 4 members (excludes halogenated alkanes) is 5. The zero-order valence-electron chi connectivity index (χ0n) is 18.3. The first kappa shape index (κ1) is 21.8. The predicted octanol–water partition coefficient (Wildman–Crippen LogP) is 6.37. The smallest absolute Gasteiger partial charge is 0.261 e. The van der Waals surface area contributed by atoms with Crippen molar-refractivity contribution in [3.8, 4) is 16.9 Å². The summed E-state index contributed by atoms with van der Waals surface area (Å²) >= 11 is 0. The third-order valence-corrected chi connectivity index (χ3v) is 5.88. The number of carbonyl (C=O) groups is 2. The Hall–Kier alpha value is -3.40. The number of amides is 2. The molecule has 0 aromatic heterocycles. The van der Waals surface area contributed by atoms with Crippen LogP contribution in [0.25, 0.3) is 11.1 Å². The first-order valence-electron chi connectivity index (χ1n) is 11.5. The van der Waals surface area contributed by atoms with E-state index in [1.165, 1.54) is 16.0 Å². The highest BCUT2D eigenvalue weighted by Gasteiger charge is 2.34. The van der Waals surface area contributed by atoms with Crippen molar-refractivity contribution in [1.82, 2.24) is 4.90 Å². The normalized spacial score (nSPS) is 12.8. The van der Waals surface area contributed by atoms with Crippen LogP contribution < -0.4 is 4.74 Å². The van der Waals surface area contributed by atoms with Gasteiger partial charge in [0.1, 0.15) is 5.75 Å². The molecule has 0 fully saturated rings. The number of hydrogen-bond acceptors (Lipinski definition) is 3. The predicted molar refractivity (Wildman–Crippen MR) is 127 cm³/mol. The summed E-state index contributed by atoms with van der Waals surface area (Å²) in [4.78, 5) is 26.1. The van der Waals surface area contributed by atoms with Crippen molar-refractivity contribution in [2.45, 2.75) is 38.5 Å². The van der Waals surface area contributed by atoms with Crippen LogP contribution in [0, 0.1) is 0 Å². The van der Waals surface area contributed by atoms with Gasteiger partial charge in [0.2, 0.25) is 0 Å². The average molecular weight is 428 g/mol. The summed E-state index contributed by atoms with van der Waals surface area (Å²) in [6.07, 6.45) is 6.27. The van der Waals surface area contributed by atoms with E-state index in [0.717, 1.165) is 50.9 Å². The van der Waals surface area contributed by atoms with Gasteiger partial charge in [0.05, 0.1) is 17.7 Å². The summed E-state index contributed by atoms with van der Waals surface area (Å²) in [6.45, 7) is 1.23. The highest BCUT2D eigenvalue weighted by Crippen LogP contribution is 2.24. The van der Waals surface area contributed by atoms with Gasteiger partial charge >= 0.3 is 0 Å². The summed E-state index contributed by atoms with van der Waals surface area (Å²) in [7, 11) is 0. The molecule has 3 aromatic rings. The van der Waals surface area contributed by atoms with Crippen LogP contribution in [0.3, 0.4) is 0 Å². The van der Waals surface area contributed by atoms with Crippen molar-refractivity contribution in [2.24, 2.45) is 0 Å². The number of ether oxygens (including phenoxy) is 1. The fourth-order valence-electron chi connectivity index (χ4n) is 4.09. The molecule has 32 heavy (non-hydrogen) atoms. The molecule has 0 radical (unpaired) electrons. The van der Waals surface area contributed by atoms with E-state index < -0.39 is 0 Å². The van der Waals surface area contributed by atoms with E-state index in [2.05, 4.69) is 24.3 Å². The molecular formula is C28H29NO3. The minimum Gasteiger partial charge on any atom is -0.494 e. The van der Waals surface area contributed by atoms with E-state index in [4.69, 9.17) is 4.74 Å². The van der Waals surface area contributed by atoms with Gasteiger partial charge in [-0.3, -0.25) is 14.5 Å². The van der Waals surface area contributed by atoms with Crippen molar-refractivity contribution < 1.29 is 14.3 Å². The third kappa shape index (κ3) is 5.25. The van der Waals surface area contributed by atoms with Gasteiger partial charge in [0.25, 0.3) is 11.8 Å². The number of rotatable bonds is 11. The third-order valence-electron chi connectivity index (χ3n) is 5.88. The van der Waals surface area contributed by atoms with Crippen molar-refractivity contribution in [3.63, 3.8) is 0 Å². The second-order valence-electron chi connectivity index (χ2n) is 8.17. The average Bonchev–Trinajstić information content (AvgIpc) is 3.09. The van der Waals surface area contributed by atoms with Gasteiger partial charge in [-0.1, -0.05) is 80.3 Å². The lowest BCUT2D eigenvalue weighted by Crippen LogP contribution is -2.30. The monoisotopic (exact) mass is 427 g/mol. The molecule has 0 unspecified atom stereocenters. The van der Waals surface area contributed by atoms with E-state index in [9.17, 15) is 9.59 Å². The summed E-state index contributed by atoms with van der Waals surface area (Å²) in [5.41, 5.74) is 3.47. The Labute approximate surface area is 189 Å². The molecule has 0 bridgehead atoms. The first-order chi connectivity index (χ1) is 15.7. The Kier molecular flexibility index (Phi) is 7.34. The number of imide groups is 1. The van der Waals surface area contributed by atoms with E-state index >= 15 is 0 Å². The van der Waals surface area contributed by atoms with Crippen molar-refractivity contribution in [1.29, 1.82) is 0 Å². The maximum absolute atomic E-state index is 12.3. The maximum Gasteiger partial charge on any atom is 0.261 e. The molecule has 4 nitrogen and oxygen atoms in total. The Morgan fingerprint density at radius 1 is 0.562 bits per heavy atom. The molecule has 0 saturated heterocycles. The van der Waals surface area contributed by atoms with Crippen LogP contribution in [-0.4, -0.2) is 29.9 Å². The minimum absolute atomic E-state index is 0.153. The fourth-order valence-corrected chi connectivity index (χ4v) is 4.09. The van der Waals surface area contributed by atoms with Gasteiger partial charge in [0, 0.05) is 6.54 Å². The molecule has 164 valence electrons. The Morgan fingerprint density at radius 2 is 1.09 bits per heavy atom. The second-order valence-corrected chi connectivity index (χ2v) is 8.17. The first-order valence-corrected chi connectivity index (χ1v) is 11.5. The van der Waals surface area contributed by atoms with E-state index in [1.54, 1.807) is 24.3 Å². The molecule has 0 spiro atoms. The number of nitrogens with zero attached hydrogens (tertiary/aromatic N) is 1. The molecule has 0 atom stereocenters. The SMILES string of the molecule is O=C1c2ccccc2C(=O)N1CCCCCCCCOc1ccc(-c2ccccc2)cc1. The number of carbonyl (C=O) groups excluding carboxylic acids is 2. The van der Waals surface area contributed by atoms with Crippen LogP contribution >= 0.6 is 0 Å². The van der Waals surface area contributed by atoms with Gasteiger partial charge < -0.3 is 4.74 Å². The molecule has 0 aliphatic carbocycles. The molecule has 1 heterocycles. The van der Waals surface area contributed by atoms with Gasteiger partial charge in [-0.2, -0.15) is 0 Å². The molecule has 1 aliphatic rings. The van der Waals surface area contributed by atoms with Crippen LogP contribution in [0.15, 0.2) is 78.9 Å². The molecular weight excluding hydrogens is 398 g/mol.